The molecule has 1 heterocycles. The molecule has 0 aliphatic rings. The molecule has 1 amide bonds. The van der Waals surface area contributed by atoms with Crippen LogP contribution in [0.5, 0.6) is 0 Å². The molecule has 5 heteroatoms. The number of carbonyl (C=O) groups excluding carboxylic acids is 1. The normalized spacial score (nSPS) is 12.1. The lowest BCUT2D eigenvalue weighted by Crippen LogP contribution is -2.38. The number of carbonyl (C=O) groups is 1. The van der Waals surface area contributed by atoms with Gasteiger partial charge in [-0.2, -0.15) is 0 Å². The summed E-state index contributed by atoms with van der Waals surface area (Å²) in [7, 11) is 0. The van der Waals surface area contributed by atoms with Crippen LogP contribution in [0.2, 0.25) is 0 Å². The van der Waals surface area contributed by atoms with Crippen molar-refractivity contribution >= 4 is 16.8 Å². The van der Waals surface area contributed by atoms with Gasteiger partial charge in [0.1, 0.15) is 5.82 Å². The summed E-state index contributed by atoms with van der Waals surface area (Å²) < 4.78 is 1.70. The lowest BCUT2D eigenvalue weighted by Gasteiger charge is -2.30. The van der Waals surface area contributed by atoms with Gasteiger partial charge >= 0.3 is 0 Å². The third kappa shape index (κ3) is 5.09. The minimum atomic E-state index is -0.314. The number of nitrogens with zero attached hydrogens (tertiary/aromatic N) is 3. The molecule has 170 valence electrons. The summed E-state index contributed by atoms with van der Waals surface area (Å²) in [6.07, 6.45) is 5.65. The number of hydrogen-bond donors (Lipinski definition) is 0. The van der Waals surface area contributed by atoms with Crippen molar-refractivity contribution in [3.05, 3.63) is 70.3 Å². The van der Waals surface area contributed by atoms with Gasteiger partial charge in [0.25, 0.3) is 5.56 Å². The van der Waals surface area contributed by atoms with Crippen molar-refractivity contribution in [1.82, 2.24) is 14.5 Å². The molecule has 32 heavy (non-hydrogen) atoms. The van der Waals surface area contributed by atoms with Gasteiger partial charge in [0.2, 0.25) is 5.91 Å². The van der Waals surface area contributed by atoms with Gasteiger partial charge in [0.15, 0.2) is 0 Å². The summed E-state index contributed by atoms with van der Waals surface area (Å²) in [5.41, 5.74) is 2.37. The summed E-state index contributed by atoms with van der Waals surface area (Å²) in [6, 6.07) is 15.0. The van der Waals surface area contributed by atoms with Crippen LogP contribution in [0, 0.1) is 6.92 Å². The molecule has 0 saturated carbocycles. The van der Waals surface area contributed by atoms with Crippen LogP contribution in [0.25, 0.3) is 16.6 Å². The number of aryl methyl sites for hydroxylation is 1. The van der Waals surface area contributed by atoms with Crippen LogP contribution < -0.4 is 5.56 Å². The summed E-state index contributed by atoms with van der Waals surface area (Å²) in [5, 5.41) is 0.583. The van der Waals surface area contributed by atoms with E-state index in [2.05, 4.69) is 13.8 Å². The third-order valence-electron chi connectivity index (χ3n) is 6.03. The SMILES string of the molecule is CCCCCCC(=O)N(CCC)C(C)c1nc2ccccc2c(=O)n1-c1ccccc1C. The predicted molar refractivity (Wildman–Crippen MR) is 131 cm³/mol. The van der Waals surface area contributed by atoms with Crippen LogP contribution in [0.4, 0.5) is 0 Å². The van der Waals surface area contributed by atoms with E-state index in [9.17, 15) is 9.59 Å². The molecule has 2 aromatic carbocycles. The smallest absolute Gasteiger partial charge is 0.266 e. The summed E-state index contributed by atoms with van der Waals surface area (Å²) >= 11 is 0. The van der Waals surface area contributed by atoms with Crippen LogP contribution in [0.1, 0.15) is 76.7 Å². The Morgan fingerprint density at radius 3 is 2.44 bits per heavy atom. The Kier molecular flexibility index (Phi) is 8.20. The highest BCUT2D eigenvalue weighted by atomic mass is 16.2. The zero-order valence-corrected chi connectivity index (χ0v) is 19.8. The highest BCUT2D eigenvalue weighted by Gasteiger charge is 2.26. The zero-order chi connectivity index (χ0) is 23.1. The first-order valence-corrected chi connectivity index (χ1v) is 11.9. The maximum atomic E-state index is 13.6. The quantitative estimate of drug-likeness (QED) is 0.370. The summed E-state index contributed by atoms with van der Waals surface area (Å²) in [5.74, 6) is 0.743. The van der Waals surface area contributed by atoms with Gasteiger partial charge in [0, 0.05) is 13.0 Å². The second kappa shape index (κ2) is 11.1. The molecule has 0 fully saturated rings. The van der Waals surface area contributed by atoms with E-state index in [1.807, 2.05) is 67.3 Å². The number of aromatic nitrogens is 2. The van der Waals surface area contributed by atoms with Crippen molar-refractivity contribution in [2.24, 2.45) is 0 Å². The molecule has 0 N–H and O–H groups in total. The van der Waals surface area contributed by atoms with Crippen LogP contribution >= 0.6 is 0 Å². The highest BCUT2D eigenvalue weighted by Crippen LogP contribution is 2.25. The molecule has 1 aromatic heterocycles. The number of hydrogen-bond acceptors (Lipinski definition) is 3. The first kappa shape index (κ1) is 23.7. The predicted octanol–water partition coefficient (Wildman–Crippen LogP) is 5.96. The Bertz CT molecular complexity index is 1120. The molecule has 0 aliphatic carbocycles. The molecular formula is C27H35N3O2. The number of amides is 1. The molecular weight excluding hydrogens is 398 g/mol. The first-order valence-electron chi connectivity index (χ1n) is 11.9. The molecule has 1 atom stereocenters. The average Bonchev–Trinajstić information content (AvgIpc) is 2.80. The van der Waals surface area contributed by atoms with Crippen LogP contribution in [-0.4, -0.2) is 26.9 Å². The minimum Gasteiger partial charge on any atom is -0.333 e. The number of unbranched alkanes of at least 4 members (excludes halogenated alkanes) is 3. The molecule has 0 saturated heterocycles. The number of para-hydroxylation sites is 2. The Labute approximate surface area is 191 Å². The molecule has 3 aromatic rings. The van der Waals surface area contributed by atoms with Gasteiger partial charge in [-0.3, -0.25) is 14.2 Å². The van der Waals surface area contributed by atoms with Crippen molar-refractivity contribution in [1.29, 1.82) is 0 Å². The van der Waals surface area contributed by atoms with Gasteiger partial charge < -0.3 is 4.90 Å². The van der Waals surface area contributed by atoms with Gasteiger partial charge in [-0.05, 0) is 50.5 Å². The highest BCUT2D eigenvalue weighted by molar-refractivity contribution is 5.79. The standard InChI is InChI=1S/C27H35N3O2/c1-5-7-8-9-18-25(31)29(19-6-2)21(4)26-28-23-16-12-11-15-22(23)27(32)30(26)24-17-13-10-14-20(24)3/h10-17,21H,5-9,18-19H2,1-4H3. The van der Waals surface area contributed by atoms with Crippen LogP contribution in [-0.2, 0) is 4.79 Å². The van der Waals surface area contributed by atoms with E-state index < -0.39 is 0 Å². The largest absolute Gasteiger partial charge is 0.333 e. The zero-order valence-electron chi connectivity index (χ0n) is 19.8. The van der Waals surface area contributed by atoms with Gasteiger partial charge in [0.05, 0.1) is 22.6 Å². The van der Waals surface area contributed by atoms with E-state index in [0.717, 1.165) is 43.4 Å². The molecule has 0 spiro atoms. The van der Waals surface area contributed by atoms with Gasteiger partial charge in [-0.15, -0.1) is 0 Å². The number of benzene rings is 2. The first-order chi connectivity index (χ1) is 15.5. The lowest BCUT2D eigenvalue weighted by molar-refractivity contribution is -0.133. The molecule has 0 aliphatic heterocycles. The average molecular weight is 434 g/mol. The maximum absolute atomic E-state index is 13.6. The maximum Gasteiger partial charge on any atom is 0.266 e. The van der Waals surface area contributed by atoms with Crippen molar-refractivity contribution in [3.63, 3.8) is 0 Å². The van der Waals surface area contributed by atoms with E-state index in [4.69, 9.17) is 4.98 Å². The summed E-state index contributed by atoms with van der Waals surface area (Å²) in [6.45, 7) is 8.87. The fourth-order valence-corrected chi connectivity index (χ4v) is 4.24. The summed E-state index contributed by atoms with van der Waals surface area (Å²) in [4.78, 5) is 33.6. The Morgan fingerprint density at radius 2 is 1.72 bits per heavy atom. The van der Waals surface area contributed by atoms with E-state index in [1.54, 1.807) is 4.57 Å². The second-order valence-corrected chi connectivity index (χ2v) is 8.49. The van der Waals surface area contributed by atoms with Crippen molar-refractivity contribution < 1.29 is 4.79 Å². The van der Waals surface area contributed by atoms with Gasteiger partial charge in [-0.25, -0.2) is 4.98 Å². The number of fused-ring (bicyclic) bond motifs is 1. The fourth-order valence-electron chi connectivity index (χ4n) is 4.24. The van der Waals surface area contributed by atoms with Gasteiger partial charge in [-0.1, -0.05) is 63.4 Å². The Balaban J connectivity index is 2.10. The van der Waals surface area contributed by atoms with Crippen molar-refractivity contribution in [3.8, 4) is 5.69 Å². The van der Waals surface area contributed by atoms with E-state index in [1.165, 1.54) is 0 Å². The van der Waals surface area contributed by atoms with E-state index >= 15 is 0 Å². The molecule has 0 bridgehead atoms. The minimum absolute atomic E-state index is 0.0985. The molecule has 3 rings (SSSR count). The molecule has 1 unspecified atom stereocenters. The van der Waals surface area contributed by atoms with Crippen molar-refractivity contribution in [2.75, 3.05) is 6.54 Å². The van der Waals surface area contributed by atoms with E-state index in [-0.39, 0.29) is 17.5 Å². The Hall–Kier alpha value is -2.95. The fraction of sp³-hybridized carbons (Fsp3) is 0.444. The van der Waals surface area contributed by atoms with Crippen molar-refractivity contribution in [2.45, 2.75) is 72.3 Å². The van der Waals surface area contributed by atoms with E-state index in [0.29, 0.717) is 29.7 Å². The Morgan fingerprint density at radius 1 is 1.00 bits per heavy atom. The van der Waals surface area contributed by atoms with Crippen LogP contribution in [0.15, 0.2) is 53.3 Å². The molecule has 5 nitrogen and oxygen atoms in total. The number of rotatable bonds is 10. The lowest BCUT2D eigenvalue weighted by atomic mass is 10.1. The van der Waals surface area contributed by atoms with Crippen LogP contribution in [0.3, 0.4) is 0 Å². The monoisotopic (exact) mass is 433 g/mol. The molecule has 0 radical (unpaired) electrons. The topological polar surface area (TPSA) is 55.2 Å². The second-order valence-electron chi connectivity index (χ2n) is 8.49. The third-order valence-corrected chi connectivity index (χ3v) is 6.03.